The first-order chi connectivity index (χ1) is 8.75. The lowest BCUT2D eigenvalue weighted by atomic mass is 9.85. The van der Waals surface area contributed by atoms with Crippen LogP contribution >= 0.6 is 0 Å². The van der Waals surface area contributed by atoms with Crippen LogP contribution in [0.5, 0.6) is 0 Å². The van der Waals surface area contributed by atoms with Gasteiger partial charge < -0.3 is 10.6 Å². The van der Waals surface area contributed by atoms with Crippen LogP contribution in [0.3, 0.4) is 0 Å². The van der Waals surface area contributed by atoms with E-state index in [9.17, 15) is 0 Å². The van der Waals surface area contributed by atoms with Crippen molar-refractivity contribution in [1.82, 2.24) is 4.90 Å². The molecule has 0 fully saturated rings. The topological polar surface area (TPSA) is 29.3 Å². The molecule has 1 atom stereocenters. The minimum Gasteiger partial charge on any atom is -0.329 e. The number of aryl methyl sites for hydroxylation is 1. The van der Waals surface area contributed by atoms with Crippen molar-refractivity contribution in [3.8, 4) is 0 Å². The zero-order valence-corrected chi connectivity index (χ0v) is 13.5. The summed E-state index contributed by atoms with van der Waals surface area (Å²) in [5.74, 6) is 0. The number of nitrogens with zero attached hydrogens (tertiary/aromatic N) is 1. The summed E-state index contributed by atoms with van der Waals surface area (Å²) in [6.45, 7) is 13.0. The molecular weight excluding hydrogens is 232 g/mol. The Morgan fingerprint density at radius 3 is 2.42 bits per heavy atom. The summed E-state index contributed by atoms with van der Waals surface area (Å²) in [6.07, 6.45) is 1.09. The number of likely N-dealkylation sites (N-methyl/N-ethyl adjacent to an activating group) is 1. The monoisotopic (exact) mass is 262 g/mol. The first kappa shape index (κ1) is 16.2. The second-order valence-corrected chi connectivity index (χ2v) is 6.71. The van der Waals surface area contributed by atoms with Gasteiger partial charge in [-0.2, -0.15) is 0 Å². The van der Waals surface area contributed by atoms with Gasteiger partial charge in [0.05, 0.1) is 0 Å². The number of rotatable bonds is 5. The number of hydrogen-bond donors (Lipinski definition) is 1. The maximum atomic E-state index is 5.71. The SMILES string of the molecule is Cc1ccc(C(C)(C)C)cc1CCN(C)C(C)CN. The van der Waals surface area contributed by atoms with Gasteiger partial charge in [-0.15, -0.1) is 0 Å². The lowest BCUT2D eigenvalue weighted by Crippen LogP contribution is -2.36. The Labute approximate surface area is 119 Å². The third-order valence-corrected chi connectivity index (χ3v) is 4.04. The lowest BCUT2D eigenvalue weighted by molar-refractivity contribution is 0.266. The van der Waals surface area contributed by atoms with Gasteiger partial charge in [0.25, 0.3) is 0 Å². The summed E-state index contributed by atoms with van der Waals surface area (Å²) in [6, 6.07) is 7.33. The molecule has 0 aromatic heterocycles. The molecular formula is C17H30N2. The summed E-state index contributed by atoms with van der Waals surface area (Å²) >= 11 is 0. The van der Waals surface area contributed by atoms with Gasteiger partial charge in [-0.25, -0.2) is 0 Å². The maximum Gasteiger partial charge on any atom is 0.0187 e. The van der Waals surface area contributed by atoms with Crippen LogP contribution < -0.4 is 5.73 Å². The van der Waals surface area contributed by atoms with Crippen molar-refractivity contribution in [3.63, 3.8) is 0 Å². The highest BCUT2D eigenvalue weighted by Gasteiger charge is 2.15. The van der Waals surface area contributed by atoms with E-state index in [0.717, 1.165) is 19.5 Å². The van der Waals surface area contributed by atoms with Gasteiger partial charge in [0.15, 0.2) is 0 Å². The van der Waals surface area contributed by atoms with Gasteiger partial charge in [0, 0.05) is 19.1 Å². The van der Waals surface area contributed by atoms with Gasteiger partial charge in [-0.05, 0) is 49.4 Å². The highest BCUT2D eigenvalue weighted by atomic mass is 15.1. The molecule has 1 aromatic carbocycles. The van der Waals surface area contributed by atoms with Crippen LogP contribution in [-0.4, -0.2) is 31.1 Å². The third-order valence-electron chi connectivity index (χ3n) is 4.04. The molecule has 0 saturated heterocycles. The van der Waals surface area contributed by atoms with Crippen molar-refractivity contribution in [2.75, 3.05) is 20.1 Å². The Bertz CT molecular complexity index is 404. The molecule has 0 amide bonds. The molecule has 0 bridgehead atoms. The van der Waals surface area contributed by atoms with Crippen LogP contribution in [0.4, 0.5) is 0 Å². The third kappa shape index (κ3) is 4.63. The van der Waals surface area contributed by atoms with Gasteiger partial charge >= 0.3 is 0 Å². The Morgan fingerprint density at radius 1 is 1.26 bits per heavy atom. The van der Waals surface area contributed by atoms with Crippen LogP contribution in [0, 0.1) is 6.92 Å². The maximum absolute atomic E-state index is 5.71. The number of hydrogen-bond acceptors (Lipinski definition) is 2. The van der Waals surface area contributed by atoms with Crippen molar-refractivity contribution in [2.45, 2.75) is 52.5 Å². The van der Waals surface area contributed by atoms with Crippen LogP contribution in [-0.2, 0) is 11.8 Å². The standard InChI is InChI=1S/C17H30N2/c1-13-7-8-16(17(3,4)5)11-15(13)9-10-19(6)14(2)12-18/h7-8,11,14H,9-10,12,18H2,1-6H3. The van der Waals surface area contributed by atoms with E-state index >= 15 is 0 Å². The fourth-order valence-corrected chi connectivity index (χ4v) is 2.10. The zero-order valence-electron chi connectivity index (χ0n) is 13.5. The first-order valence-corrected chi connectivity index (χ1v) is 7.26. The minimum atomic E-state index is 0.221. The van der Waals surface area contributed by atoms with E-state index in [-0.39, 0.29) is 5.41 Å². The number of nitrogens with two attached hydrogens (primary N) is 1. The van der Waals surface area contributed by atoms with Crippen molar-refractivity contribution >= 4 is 0 Å². The molecule has 0 spiro atoms. The average Bonchev–Trinajstić information content (AvgIpc) is 2.35. The molecule has 19 heavy (non-hydrogen) atoms. The summed E-state index contributed by atoms with van der Waals surface area (Å²) in [4.78, 5) is 2.34. The molecule has 0 heterocycles. The second-order valence-electron chi connectivity index (χ2n) is 6.71. The summed E-state index contributed by atoms with van der Waals surface area (Å²) in [5, 5.41) is 0. The fraction of sp³-hybridized carbons (Fsp3) is 0.647. The molecule has 0 radical (unpaired) electrons. The van der Waals surface area contributed by atoms with E-state index in [1.165, 1.54) is 16.7 Å². The Kier molecular flexibility index (Phi) is 5.57. The Hall–Kier alpha value is -0.860. The van der Waals surface area contributed by atoms with Crippen LogP contribution in [0.25, 0.3) is 0 Å². The van der Waals surface area contributed by atoms with E-state index in [1.54, 1.807) is 0 Å². The van der Waals surface area contributed by atoms with Crippen molar-refractivity contribution in [2.24, 2.45) is 5.73 Å². The average molecular weight is 262 g/mol. The van der Waals surface area contributed by atoms with E-state index in [0.29, 0.717) is 6.04 Å². The molecule has 1 rings (SSSR count). The second kappa shape index (κ2) is 6.53. The Morgan fingerprint density at radius 2 is 1.89 bits per heavy atom. The predicted octanol–water partition coefficient (Wildman–Crippen LogP) is 3.11. The minimum absolute atomic E-state index is 0.221. The Balaban J connectivity index is 2.78. The van der Waals surface area contributed by atoms with Gasteiger partial charge in [-0.3, -0.25) is 0 Å². The largest absolute Gasteiger partial charge is 0.329 e. The summed E-state index contributed by atoms with van der Waals surface area (Å²) in [7, 11) is 2.15. The smallest absolute Gasteiger partial charge is 0.0187 e. The quantitative estimate of drug-likeness (QED) is 0.883. The van der Waals surface area contributed by atoms with Gasteiger partial charge in [0.2, 0.25) is 0 Å². The summed E-state index contributed by atoms with van der Waals surface area (Å²) < 4.78 is 0. The fourth-order valence-electron chi connectivity index (χ4n) is 2.10. The molecule has 0 aliphatic carbocycles. The summed E-state index contributed by atoms with van der Waals surface area (Å²) in [5.41, 5.74) is 10.2. The predicted molar refractivity (Wildman–Crippen MR) is 84.7 cm³/mol. The van der Waals surface area contributed by atoms with E-state index < -0.39 is 0 Å². The normalized spacial score (nSPS) is 13.9. The number of benzene rings is 1. The van der Waals surface area contributed by atoms with Crippen LogP contribution in [0.15, 0.2) is 18.2 Å². The van der Waals surface area contributed by atoms with Crippen LogP contribution in [0.1, 0.15) is 44.4 Å². The molecule has 1 aromatic rings. The highest BCUT2D eigenvalue weighted by molar-refractivity contribution is 5.34. The van der Waals surface area contributed by atoms with Crippen molar-refractivity contribution < 1.29 is 0 Å². The van der Waals surface area contributed by atoms with Crippen molar-refractivity contribution in [3.05, 3.63) is 34.9 Å². The molecule has 0 aliphatic rings. The van der Waals surface area contributed by atoms with E-state index in [4.69, 9.17) is 5.73 Å². The van der Waals surface area contributed by atoms with Crippen molar-refractivity contribution in [1.29, 1.82) is 0 Å². The molecule has 0 aliphatic heterocycles. The molecule has 2 N–H and O–H groups in total. The van der Waals surface area contributed by atoms with Gasteiger partial charge in [-0.1, -0.05) is 39.0 Å². The molecule has 1 unspecified atom stereocenters. The zero-order chi connectivity index (χ0) is 14.6. The molecule has 0 saturated carbocycles. The van der Waals surface area contributed by atoms with E-state index in [2.05, 4.69) is 64.8 Å². The molecule has 2 heteroatoms. The lowest BCUT2D eigenvalue weighted by Gasteiger charge is -2.25. The van der Waals surface area contributed by atoms with Gasteiger partial charge in [0.1, 0.15) is 0 Å². The molecule has 108 valence electrons. The highest BCUT2D eigenvalue weighted by Crippen LogP contribution is 2.24. The molecule has 2 nitrogen and oxygen atoms in total. The first-order valence-electron chi connectivity index (χ1n) is 7.26. The van der Waals surface area contributed by atoms with E-state index in [1.807, 2.05) is 0 Å². The van der Waals surface area contributed by atoms with Crippen LogP contribution in [0.2, 0.25) is 0 Å².